The summed E-state index contributed by atoms with van der Waals surface area (Å²) in [6, 6.07) is 11.1. The second kappa shape index (κ2) is 8.49. The van der Waals surface area contributed by atoms with E-state index in [-0.39, 0.29) is 24.4 Å². The van der Waals surface area contributed by atoms with Crippen LogP contribution in [0.1, 0.15) is 30.9 Å². The lowest BCUT2D eigenvalue weighted by atomic mass is 10.0. The largest absolute Gasteiger partial charge is 0.490 e. The van der Waals surface area contributed by atoms with Crippen LogP contribution >= 0.6 is 0 Å². The minimum Gasteiger partial charge on any atom is -0.490 e. The van der Waals surface area contributed by atoms with Gasteiger partial charge in [0, 0.05) is 18.5 Å². The van der Waals surface area contributed by atoms with Crippen molar-refractivity contribution >= 4 is 5.91 Å². The van der Waals surface area contributed by atoms with Crippen molar-refractivity contribution in [2.45, 2.75) is 31.8 Å². The summed E-state index contributed by atoms with van der Waals surface area (Å²) in [6.45, 7) is 1.57. The van der Waals surface area contributed by atoms with Crippen molar-refractivity contribution < 1.29 is 23.1 Å². The number of halogens is 1. The summed E-state index contributed by atoms with van der Waals surface area (Å²) < 4.78 is 30.8. The molecule has 1 aromatic heterocycles. The maximum absolute atomic E-state index is 13.1. The lowest BCUT2D eigenvalue weighted by molar-refractivity contribution is -0.133. The zero-order chi connectivity index (χ0) is 22.1. The Morgan fingerprint density at radius 1 is 1.06 bits per heavy atom. The van der Waals surface area contributed by atoms with Crippen molar-refractivity contribution in [3.05, 3.63) is 64.4 Å². The molecule has 2 aliphatic rings. The molecule has 1 saturated heterocycles. The van der Waals surface area contributed by atoms with Gasteiger partial charge in [-0.3, -0.25) is 4.79 Å². The zero-order valence-corrected chi connectivity index (χ0v) is 17.3. The Kier molecular flexibility index (Phi) is 5.38. The van der Waals surface area contributed by atoms with E-state index in [2.05, 4.69) is 5.10 Å². The van der Waals surface area contributed by atoms with E-state index in [9.17, 15) is 14.0 Å². The Bertz CT molecular complexity index is 1190. The molecule has 0 bridgehead atoms. The van der Waals surface area contributed by atoms with Gasteiger partial charge in [0.25, 0.3) is 0 Å². The summed E-state index contributed by atoms with van der Waals surface area (Å²) in [5, 5.41) is 4.12. The number of hydrogen-bond acceptors (Lipinski definition) is 6. The van der Waals surface area contributed by atoms with Gasteiger partial charge in [0.15, 0.2) is 11.5 Å². The zero-order valence-electron chi connectivity index (χ0n) is 17.3. The number of aromatic nitrogens is 2. The lowest BCUT2D eigenvalue weighted by Crippen LogP contribution is -2.35. The number of fused-ring (bicyclic) bond motifs is 1. The predicted molar refractivity (Wildman–Crippen MR) is 112 cm³/mol. The highest BCUT2D eigenvalue weighted by Crippen LogP contribution is 2.38. The summed E-state index contributed by atoms with van der Waals surface area (Å²) in [4.78, 5) is 27.1. The molecule has 166 valence electrons. The number of ether oxygens (including phenoxy) is 2. The number of likely N-dealkylation sites (tertiary alicyclic amines) is 1. The van der Waals surface area contributed by atoms with Gasteiger partial charge in [0.1, 0.15) is 12.4 Å². The summed E-state index contributed by atoms with van der Waals surface area (Å²) in [5.74, 6) is 0.0921. The SMILES string of the molecule is O=C(Cn1nc(-c2ccc(F)cc2)oc1=O)N1CCC[C@H]1c1ccc2c(c1)OCCCO2. The van der Waals surface area contributed by atoms with Crippen LogP contribution in [-0.4, -0.2) is 40.3 Å². The standard InChI is InChI=1S/C23H22FN3O5/c24-17-7-4-15(5-8-17)22-25-27(23(29)32-22)14-21(28)26-10-1-3-18(26)16-6-9-19-20(13-16)31-12-2-11-30-19/h4-9,13,18H,1-3,10-12,14H2/t18-/m0/s1. The van der Waals surface area contributed by atoms with E-state index in [1.807, 2.05) is 18.2 Å². The third kappa shape index (κ3) is 3.98. The number of rotatable bonds is 4. The Morgan fingerprint density at radius 3 is 2.66 bits per heavy atom. The fourth-order valence-electron chi connectivity index (χ4n) is 4.13. The van der Waals surface area contributed by atoms with Crippen LogP contribution in [0.15, 0.2) is 51.7 Å². The molecule has 5 rings (SSSR count). The molecule has 0 N–H and O–H groups in total. The van der Waals surface area contributed by atoms with Gasteiger partial charge in [-0.15, -0.1) is 5.10 Å². The monoisotopic (exact) mass is 439 g/mol. The highest BCUT2D eigenvalue weighted by molar-refractivity contribution is 5.77. The number of hydrogen-bond donors (Lipinski definition) is 0. The van der Waals surface area contributed by atoms with Gasteiger partial charge >= 0.3 is 5.76 Å². The molecule has 8 nitrogen and oxygen atoms in total. The van der Waals surface area contributed by atoms with E-state index >= 15 is 0 Å². The third-order valence-electron chi connectivity index (χ3n) is 5.71. The number of nitrogens with zero attached hydrogens (tertiary/aromatic N) is 3. The Hall–Kier alpha value is -3.62. The van der Waals surface area contributed by atoms with Crippen molar-refractivity contribution in [3.8, 4) is 23.0 Å². The molecule has 32 heavy (non-hydrogen) atoms. The highest BCUT2D eigenvalue weighted by Gasteiger charge is 2.31. The topological polar surface area (TPSA) is 86.8 Å². The van der Waals surface area contributed by atoms with Gasteiger partial charge in [0.05, 0.1) is 19.3 Å². The van der Waals surface area contributed by atoms with Crippen molar-refractivity contribution in [3.63, 3.8) is 0 Å². The van der Waals surface area contributed by atoms with Crippen LogP contribution in [0, 0.1) is 5.82 Å². The molecule has 0 unspecified atom stereocenters. The number of amides is 1. The highest BCUT2D eigenvalue weighted by atomic mass is 19.1. The van der Waals surface area contributed by atoms with E-state index in [0.29, 0.717) is 36.8 Å². The normalized spacial score (nSPS) is 17.9. The van der Waals surface area contributed by atoms with Crippen molar-refractivity contribution in [2.75, 3.05) is 19.8 Å². The molecule has 1 amide bonds. The van der Waals surface area contributed by atoms with Gasteiger partial charge in [-0.25, -0.2) is 9.18 Å². The Morgan fingerprint density at radius 2 is 1.84 bits per heavy atom. The molecule has 1 fully saturated rings. The van der Waals surface area contributed by atoms with Gasteiger partial charge in [-0.1, -0.05) is 6.07 Å². The number of benzene rings is 2. The van der Waals surface area contributed by atoms with E-state index in [1.54, 1.807) is 4.90 Å². The third-order valence-corrected chi connectivity index (χ3v) is 5.71. The van der Waals surface area contributed by atoms with E-state index in [1.165, 1.54) is 24.3 Å². The molecule has 0 radical (unpaired) electrons. The van der Waals surface area contributed by atoms with E-state index in [4.69, 9.17) is 13.9 Å². The molecule has 9 heteroatoms. The second-order valence-electron chi connectivity index (χ2n) is 7.84. The van der Waals surface area contributed by atoms with Gasteiger partial charge in [-0.2, -0.15) is 4.68 Å². The first kappa shape index (κ1) is 20.3. The molecular weight excluding hydrogens is 417 g/mol. The quantitative estimate of drug-likeness (QED) is 0.621. The van der Waals surface area contributed by atoms with Crippen LogP contribution in [0.3, 0.4) is 0 Å². The van der Waals surface area contributed by atoms with Crippen LogP contribution < -0.4 is 15.2 Å². The average Bonchev–Trinajstić information content (AvgIpc) is 3.35. The lowest BCUT2D eigenvalue weighted by Gasteiger charge is -2.25. The van der Waals surface area contributed by atoms with E-state index in [0.717, 1.165) is 29.5 Å². The molecular formula is C23H22FN3O5. The predicted octanol–water partition coefficient (Wildman–Crippen LogP) is 3.17. The number of carbonyl (C=O) groups is 1. The fraction of sp³-hybridized carbons (Fsp3) is 0.348. The van der Waals surface area contributed by atoms with Crippen LogP contribution in [-0.2, 0) is 11.3 Å². The van der Waals surface area contributed by atoms with Crippen molar-refractivity contribution in [2.24, 2.45) is 0 Å². The first-order chi connectivity index (χ1) is 15.6. The molecule has 2 aliphatic heterocycles. The molecule has 1 atom stereocenters. The van der Waals surface area contributed by atoms with E-state index < -0.39 is 11.6 Å². The molecule has 3 aromatic rings. The summed E-state index contributed by atoms with van der Waals surface area (Å²) in [5.41, 5.74) is 1.43. The van der Waals surface area contributed by atoms with Crippen LogP contribution in [0.4, 0.5) is 4.39 Å². The van der Waals surface area contributed by atoms with Gasteiger partial charge < -0.3 is 18.8 Å². The molecule has 0 aliphatic carbocycles. The molecule has 0 spiro atoms. The van der Waals surface area contributed by atoms with Crippen molar-refractivity contribution in [1.29, 1.82) is 0 Å². The Labute approximate surface area is 183 Å². The molecule has 2 aromatic carbocycles. The van der Waals surface area contributed by atoms with Crippen LogP contribution in [0.5, 0.6) is 11.5 Å². The fourth-order valence-corrected chi connectivity index (χ4v) is 4.13. The van der Waals surface area contributed by atoms with Crippen LogP contribution in [0.25, 0.3) is 11.5 Å². The summed E-state index contributed by atoms with van der Waals surface area (Å²) >= 11 is 0. The molecule has 3 heterocycles. The smallest absolute Gasteiger partial charge is 0.437 e. The first-order valence-corrected chi connectivity index (χ1v) is 10.6. The van der Waals surface area contributed by atoms with Gasteiger partial charge in [-0.05, 0) is 54.8 Å². The van der Waals surface area contributed by atoms with Crippen molar-refractivity contribution in [1.82, 2.24) is 14.7 Å². The summed E-state index contributed by atoms with van der Waals surface area (Å²) in [7, 11) is 0. The molecule has 0 saturated carbocycles. The average molecular weight is 439 g/mol. The minimum absolute atomic E-state index is 0.0451. The second-order valence-corrected chi connectivity index (χ2v) is 7.84. The van der Waals surface area contributed by atoms with Crippen LogP contribution in [0.2, 0.25) is 0 Å². The Balaban J connectivity index is 1.34. The minimum atomic E-state index is -0.732. The van der Waals surface area contributed by atoms with Gasteiger partial charge in [0.2, 0.25) is 11.8 Å². The summed E-state index contributed by atoms with van der Waals surface area (Å²) in [6.07, 6.45) is 2.50. The maximum Gasteiger partial charge on any atom is 0.437 e. The number of carbonyl (C=O) groups excluding carboxylic acids is 1. The first-order valence-electron chi connectivity index (χ1n) is 10.6. The maximum atomic E-state index is 13.1.